The normalized spacial score (nSPS) is 11.6. The van der Waals surface area contributed by atoms with Gasteiger partial charge in [0, 0.05) is 28.5 Å². The zero-order valence-electron chi connectivity index (χ0n) is 19.0. The van der Waals surface area contributed by atoms with Crippen LogP contribution in [0.4, 0.5) is 10.8 Å². The number of hydrogen-bond acceptors (Lipinski definition) is 9. The summed E-state index contributed by atoms with van der Waals surface area (Å²) < 4.78 is 10.6. The molecule has 4 aromatic rings. The third-order valence-electron chi connectivity index (χ3n) is 5.17. The van der Waals surface area contributed by atoms with E-state index in [0.29, 0.717) is 33.6 Å². The maximum atomic E-state index is 12.8. The van der Waals surface area contributed by atoms with Crippen molar-refractivity contribution in [1.82, 2.24) is 9.97 Å². The fourth-order valence-corrected chi connectivity index (χ4v) is 4.03. The van der Waals surface area contributed by atoms with Crippen molar-refractivity contribution in [2.24, 2.45) is 0 Å². The molecule has 0 radical (unpaired) electrons. The minimum atomic E-state index is -1.10. The highest BCUT2D eigenvalue weighted by molar-refractivity contribution is 7.14. The maximum Gasteiger partial charge on any atom is 0.340 e. The second-order valence-corrected chi connectivity index (χ2v) is 8.42. The summed E-state index contributed by atoms with van der Waals surface area (Å²) in [6.45, 7) is 3.14. The molecule has 0 aliphatic heterocycles. The minimum absolute atomic E-state index is 0.0569. The number of methoxy groups -OCH3 is 1. The lowest BCUT2D eigenvalue weighted by molar-refractivity contribution is -0.384. The Balaban J connectivity index is 1.44. The van der Waals surface area contributed by atoms with Crippen molar-refractivity contribution >= 4 is 44.9 Å². The van der Waals surface area contributed by atoms with E-state index < -0.39 is 22.9 Å². The van der Waals surface area contributed by atoms with E-state index in [4.69, 9.17) is 9.47 Å². The molecule has 0 bridgehead atoms. The molecule has 178 valence electrons. The molecule has 1 atom stereocenters. The summed E-state index contributed by atoms with van der Waals surface area (Å²) in [5, 5.41) is 16.3. The molecule has 35 heavy (non-hydrogen) atoms. The van der Waals surface area contributed by atoms with Gasteiger partial charge in [-0.15, -0.1) is 11.3 Å². The Kier molecular flexibility index (Phi) is 6.69. The number of esters is 1. The molecule has 0 aliphatic carbocycles. The van der Waals surface area contributed by atoms with Gasteiger partial charge in [0.2, 0.25) is 0 Å². The Bertz CT molecular complexity index is 1450. The van der Waals surface area contributed by atoms with Gasteiger partial charge < -0.3 is 9.47 Å². The second-order valence-electron chi connectivity index (χ2n) is 7.56. The number of benzene rings is 2. The van der Waals surface area contributed by atoms with Crippen LogP contribution in [-0.4, -0.2) is 40.0 Å². The maximum absolute atomic E-state index is 12.8. The van der Waals surface area contributed by atoms with E-state index in [9.17, 15) is 19.7 Å². The minimum Gasteiger partial charge on any atom is -0.497 e. The molecule has 1 amide bonds. The van der Waals surface area contributed by atoms with Gasteiger partial charge >= 0.3 is 5.97 Å². The largest absolute Gasteiger partial charge is 0.497 e. The summed E-state index contributed by atoms with van der Waals surface area (Å²) in [6, 6.07) is 13.0. The van der Waals surface area contributed by atoms with Gasteiger partial charge in [-0.05, 0) is 38.1 Å². The van der Waals surface area contributed by atoms with Gasteiger partial charge in [-0.1, -0.05) is 12.1 Å². The second kappa shape index (κ2) is 9.85. The lowest BCUT2D eigenvalue weighted by atomic mass is 10.1. The number of nitrogens with zero attached hydrogens (tertiary/aromatic N) is 3. The predicted octanol–water partition coefficient (Wildman–Crippen LogP) is 4.77. The fourth-order valence-electron chi connectivity index (χ4n) is 3.31. The number of anilines is 1. The van der Waals surface area contributed by atoms with Crippen LogP contribution in [0.2, 0.25) is 0 Å². The molecule has 10 nitrogen and oxygen atoms in total. The van der Waals surface area contributed by atoms with Gasteiger partial charge in [0.15, 0.2) is 11.2 Å². The lowest BCUT2D eigenvalue weighted by Gasteiger charge is -2.14. The number of nitro groups is 1. The van der Waals surface area contributed by atoms with Crippen molar-refractivity contribution in [2.75, 3.05) is 12.4 Å². The van der Waals surface area contributed by atoms with Crippen LogP contribution < -0.4 is 10.1 Å². The topological polar surface area (TPSA) is 134 Å². The molecule has 2 aromatic carbocycles. The number of non-ortho nitro benzene ring substituents is 1. The molecule has 2 heterocycles. The van der Waals surface area contributed by atoms with Crippen molar-refractivity contribution in [3.8, 4) is 17.0 Å². The Morgan fingerprint density at radius 1 is 1.14 bits per heavy atom. The monoisotopic (exact) mass is 492 g/mol. The van der Waals surface area contributed by atoms with Crippen LogP contribution in [0.1, 0.15) is 23.0 Å². The smallest absolute Gasteiger partial charge is 0.340 e. The van der Waals surface area contributed by atoms with Crippen LogP contribution >= 0.6 is 11.3 Å². The summed E-state index contributed by atoms with van der Waals surface area (Å²) in [5.74, 6) is -0.617. The number of rotatable bonds is 7. The standard InChI is InChI=1S/C24H20N4O6S/c1-13-19(11-16-10-18(33-3)7-8-20(16)25-13)23(30)34-14(2)22(29)27-24-26-21(12-35-24)15-5-4-6-17(9-15)28(31)32/h4-12,14H,1-3H3,(H,26,27,29). The Hall–Kier alpha value is -4.38. The molecule has 0 saturated carbocycles. The van der Waals surface area contributed by atoms with Crippen LogP contribution in [0.25, 0.3) is 22.2 Å². The molecular formula is C24H20N4O6S. The number of amides is 1. The number of hydrogen-bond donors (Lipinski definition) is 1. The molecule has 0 fully saturated rings. The molecule has 4 rings (SSSR count). The van der Waals surface area contributed by atoms with Crippen LogP contribution in [0, 0.1) is 17.0 Å². The summed E-state index contributed by atoms with van der Waals surface area (Å²) in [6.07, 6.45) is -1.10. The van der Waals surface area contributed by atoms with Gasteiger partial charge in [0.05, 0.1) is 34.5 Å². The van der Waals surface area contributed by atoms with E-state index in [1.165, 1.54) is 19.1 Å². The number of nitro benzene ring substituents is 1. The van der Waals surface area contributed by atoms with Gasteiger partial charge in [0.25, 0.3) is 11.6 Å². The van der Waals surface area contributed by atoms with Gasteiger partial charge in [-0.3, -0.25) is 25.2 Å². The van der Waals surface area contributed by atoms with Crippen molar-refractivity contribution in [3.05, 3.63) is 75.3 Å². The van der Waals surface area contributed by atoms with E-state index in [2.05, 4.69) is 15.3 Å². The van der Waals surface area contributed by atoms with Crippen molar-refractivity contribution in [3.63, 3.8) is 0 Å². The summed E-state index contributed by atoms with van der Waals surface area (Å²) >= 11 is 1.15. The highest BCUT2D eigenvalue weighted by atomic mass is 32.1. The van der Waals surface area contributed by atoms with Gasteiger partial charge in [0.1, 0.15) is 5.75 Å². The van der Waals surface area contributed by atoms with Gasteiger partial charge in [-0.25, -0.2) is 9.78 Å². The molecule has 1 N–H and O–H groups in total. The molecule has 11 heteroatoms. The first-order chi connectivity index (χ1) is 16.7. The number of carbonyl (C=O) groups excluding carboxylic acids is 2. The number of fused-ring (bicyclic) bond motifs is 1. The van der Waals surface area contributed by atoms with Crippen molar-refractivity contribution in [1.29, 1.82) is 0 Å². The number of pyridine rings is 1. The highest BCUT2D eigenvalue weighted by Gasteiger charge is 2.22. The molecule has 1 unspecified atom stereocenters. The summed E-state index contributed by atoms with van der Waals surface area (Å²) in [4.78, 5) is 44.6. The number of nitrogens with one attached hydrogen (secondary N) is 1. The van der Waals surface area contributed by atoms with Crippen LogP contribution in [-0.2, 0) is 9.53 Å². The lowest BCUT2D eigenvalue weighted by Crippen LogP contribution is -2.30. The molecule has 0 aliphatic rings. The van der Waals surface area contributed by atoms with Crippen LogP contribution in [0.3, 0.4) is 0 Å². The Labute approximate surface area is 203 Å². The quantitative estimate of drug-likeness (QED) is 0.222. The average Bonchev–Trinajstić information content (AvgIpc) is 3.31. The molecular weight excluding hydrogens is 472 g/mol. The SMILES string of the molecule is COc1ccc2nc(C)c(C(=O)OC(C)C(=O)Nc3nc(-c4cccc([N+](=O)[O-])c4)cs3)cc2c1. The first kappa shape index (κ1) is 23.8. The number of aryl methyl sites for hydroxylation is 1. The van der Waals surface area contributed by atoms with E-state index in [1.54, 1.807) is 55.8 Å². The van der Waals surface area contributed by atoms with E-state index >= 15 is 0 Å². The summed E-state index contributed by atoms with van der Waals surface area (Å²) in [7, 11) is 1.55. The number of thiazole rings is 1. The van der Waals surface area contributed by atoms with Crippen LogP contribution in [0.5, 0.6) is 5.75 Å². The molecule has 2 aromatic heterocycles. The first-order valence-corrected chi connectivity index (χ1v) is 11.3. The third kappa shape index (κ3) is 5.25. The zero-order valence-corrected chi connectivity index (χ0v) is 19.8. The molecule has 0 spiro atoms. The van der Waals surface area contributed by atoms with E-state index in [0.717, 1.165) is 11.3 Å². The number of ether oxygens (including phenoxy) is 2. The zero-order chi connectivity index (χ0) is 25.1. The number of carbonyl (C=O) groups is 2. The Morgan fingerprint density at radius 2 is 1.94 bits per heavy atom. The van der Waals surface area contributed by atoms with Gasteiger partial charge in [-0.2, -0.15) is 0 Å². The van der Waals surface area contributed by atoms with E-state index in [1.807, 2.05) is 0 Å². The fraction of sp³-hybridized carbons (Fsp3) is 0.167. The average molecular weight is 493 g/mol. The third-order valence-corrected chi connectivity index (χ3v) is 5.93. The molecule has 0 saturated heterocycles. The Morgan fingerprint density at radius 3 is 2.69 bits per heavy atom. The van der Waals surface area contributed by atoms with Crippen LogP contribution in [0.15, 0.2) is 53.9 Å². The van der Waals surface area contributed by atoms with Crippen molar-refractivity contribution < 1.29 is 24.0 Å². The van der Waals surface area contributed by atoms with Crippen molar-refractivity contribution in [2.45, 2.75) is 20.0 Å². The summed E-state index contributed by atoms with van der Waals surface area (Å²) in [5.41, 5.74) is 2.39. The van der Waals surface area contributed by atoms with E-state index in [-0.39, 0.29) is 16.4 Å². The number of aromatic nitrogens is 2. The highest BCUT2D eigenvalue weighted by Crippen LogP contribution is 2.28. The first-order valence-electron chi connectivity index (χ1n) is 10.4. The predicted molar refractivity (Wildman–Crippen MR) is 131 cm³/mol.